The molecule has 1 heterocycles. The number of halogens is 1. The van der Waals surface area contributed by atoms with E-state index in [0.717, 1.165) is 36.5 Å². The predicted octanol–water partition coefficient (Wildman–Crippen LogP) is 4.53. The molecule has 0 bridgehead atoms. The first-order valence-electron chi connectivity index (χ1n) is 12.8. The van der Waals surface area contributed by atoms with Gasteiger partial charge in [0, 0.05) is 50.6 Å². The molecule has 2 N–H and O–H groups in total. The monoisotopic (exact) mass is 497 g/mol. The van der Waals surface area contributed by atoms with Crippen LogP contribution in [0.25, 0.3) is 0 Å². The van der Waals surface area contributed by atoms with Crippen LogP contribution in [0.1, 0.15) is 40.0 Å². The van der Waals surface area contributed by atoms with Crippen molar-refractivity contribution >= 4 is 12.1 Å². The Hall–Kier alpha value is -2.93. The number of amides is 1. The van der Waals surface area contributed by atoms with Crippen LogP contribution >= 0.6 is 0 Å². The second-order valence-corrected chi connectivity index (χ2v) is 9.70. The van der Waals surface area contributed by atoms with Crippen LogP contribution in [0.3, 0.4) is 0 Å². The van der Waals surface area contributed by atoms with E-state index < -0.39 is 12.1 Å². The summed E-state index contributed by atoms with van der Waals surface area (Å²) in [5.41, 5.74) is 2.58. The van der Waals surface area contributed by atoms with Crippen LogP contribution in [-0.4, -0.2) is 74.5 Å². The van der Waals surface area contributed by atoms with Gasteiger partial charge in [-0.3, -0.25) is 19.1 Å². The number of allylic oxidation sites excluding steroid dienone is 6. The van der Waals surface area contributed by atoms with E-state index >= 15 is 0 Å². The standard InChI is InChI=1S/C29H44FN5O/c1-8-23(12-13-29(21-30)15-24(9-2)14-25(16-29)28(36)31-6)17-32-22(5)33-26(10-3)18-34(7)27-19-35(11-4)20-27/h8-10,14,16-18,22,27,33H,2-3,11-13,15,19-21H2,1,4-7H3,(H,31,36)/b23-8-,26-18+,32-17-. The summed E-state index contributed by atoms with van der Waals surface area (Å²) >= 11 is 0. The lowest BCUT2D eigenvalue weighted by Crippen LogP contribution is -2.56. The third-order valence-electron chi connectivity index (χ3n) is 7.02. The quantitative estimate of drug-likeness (QED) is 0.274. The van der Waals surface area contributed by atoms with E-state index in [2.05, 4.69) is 58.8 Å². The number of nitrogens with one attached hydrogen (secondary N) is 2. The molecule has 6 nitrogen and oxygen atoms in total. The van der Waals surface area contributed by atoms with Crippen molar-refractivity contribution in [2.24, 2.45) is 10.4 Å². The van der Waals surface area contributed by atoms with Gasteiger partial charge in [-0.2, -0.15) is 0 Å². The van der Waals surface area contributed by atoms with Gasteiger partial charge in [0.2, 0.25) is 0 Å². The molecule has 0 aromatic heterocycles. The highest BCUT2D eigenvalue weighted by Gasteiger charge is 2.33. The molecule has 0 saturated carbocycles. The molecule has 7 heteroatoms. The Labute approximate surface area is 217 Å². The van der Waals surface area contributed by atoms with Crippen LogP contribution in [0.4, 0.5) is 4.39 Å². The second-order valence-electron chi connectivity index (χ2n) is 9.70. The van der Waals surface area contributed by atoms with Crippen LogP contribution in [0.15, 0.2) is 77.1 Å². The summed E-state index contributed by atoms with van der Waals surface area (Å²) in [5.74, 6) is -0.212. The number of alkyl halides is 1. The van der Waals surface area contributed by atoms with E-state index in [1.807, 2.05) is 32.2 Å². The lowest BCUT2D eigenvalue weighted by molar-refractivity contribution is -0.116. The summed E-state index contributed by atoms with van der Waals surface area (Å²) in [6.07, 6.45) is 14.6. The first-order valence-corrected chi connectivity index (χ1v) is 12.8. The number of likely N-dealkylation sites (tertiary alicyclic amines) is 1. The summed E-state index contributed by atoms with van der Waals surface area (Å²) < 4.78 is 14.3. The summed E-state index contributed by atoms with van der Waals surface area (Å²) in [5, 5.41) is 6.03. The number of rotatable bonds is 14. The van der Waals surface area contributed by atoms with E-state index in [4.69, 9.17) is 0 Å². The minimum atomic E-state index is -0.732. The Morgan fingerprint density at radius 3 is 2.69 bits per heavy atom. The third-order valence-corrected chi connectivity index (χ3v) is 7.02. The summed E-state index contributed by atoms with van der Waals surface area (Å²) in [7, 11) is 3.68. The fourth-order valence-corrected chi connectivity index (χ4v) is 4.49. The maximum atomic E-state index is 14.3. The molecule has 0 spiro atoms. The molecule has 0 aromatic rings. The van der Waals surface area contributed by atoms with Gasteiger partial charge in [0.1, 0.15) is 6.17 Å². The summed E-state index contributed by atoms with van der Waals surface area (Å²) in [6.45, 7) is 16.6. The number of aliphatic imine (C=N–C) groups is 1. The lowest BCUT2D eigenvalue weighted by atomic mass is 9.73. The molecule has 1 saturated heterocycles. The first-order chi connectivity index (χ1) is 17.2. The van der Waals surface area contributed by atoms with Crippen molar-refractivity contribution in [3.05, 3.63) is 72.2 Å². The molecule has 2 atom stereocenters. The molecule has 1 aliphatic carbocycles. The molecule has 2 unspecified atom stereocenters. The number of nitrogens with zero attached hydrogens (tertiary/aromatic N) is 3. The minimum Gasteiger partial charge on any atom is -0.373 e. The molecule has 1 amide bonds. The second kappa shape index (κ2) is 14.0. The first kappa shape index (κ1) is 29.3. The summed E-state index contributed by atoms with van der Waals surface area (Å²) in [6, 6.07) is 0.521. The molecular formula is C29H44FN5O. The van der Waals surface area contributed by atoms with E-state index in [1.54, 1.807) is 25.3 Å². The van der Waals surface area contributed by atoms with E-state index in [1.165, 1.54) is 0 Å². The van der Waals surface area contributed by atoms with Gasteiger partial charge in [0.15, 0.2) is 0 Å². The zero-order chi connectivity index (χ0) is 26.7. The third kappa shape index (κ3) is 8.05. The van der Waals surface area contributed by atoms with Gasteiger partial charge >= 0.3 is 0 Å². The highest BCUT2D eigenvalue weighted by atomic mass is 19.1. The van der Waals surface area contributed by atoms with Crippen LogP contribution < -0.4 is 10.6 Å². The normalized spacial score (nSPS) is 22.4. The molecule has 198 valence electrons. The smallest absolute Gasteiger partial charge is 0.250 e. The van der Waals surface area contributed by atoms with Crippen LogP contribution in [0.5, 0.6) is 0 Å². The molecule has 1 fully saturated rings. The number of carbonyl (C=O) groups is 1. The molecule has 0 aromatic carbocycles. The fourth-order valence-electron chi connectivity index (χ4n) is 4.49. The zero-order valence-corrected chi connectivity index (χ0v) is 22.7. The van der Waals surface area contributed by atoms with Crippen molar-refractivity contribution < 1.29 is 9.18 Å². The molecule has 1 aliphatic heterocycles. The van der Waals surface area contributed by atoms with Crippen LogP contribution in [0.2, 0.25) is 0 Å². The van der Waals surface area contributed by atoms with E-state index in [0.29, 0.717) is 30.9 Å². The molecule has 2 aliphatic rings. The van der Waals surface area contributed by atoms with Crippen molar-refractivity contribution in [2.75, 3.05) is 40.4 Å². The maximum absolute atomic E-state index is 14.3. The van der Waals surface area contributed by atoms with Crippen molar-refractivity contribution in [1.82, 2.24) is 20.4 Å². The van der Waals surface area contributed by atoms with Gasteiger partial charge in [-0.05, 0) is 63.0 Å². The van der Waals surface area contributed by atoms with E-state index in [-0.39, 0.29) is 12.1 Å². The number of likely N-dealkylation sites (N-methyl/N-ethyl adjacent to an activating group) is 3. The van der Waals surface area contributed by atoms with Crippen molar-refractivity contribution in [2.45, 2.75) is 52.2 Å². The van der Waals surface area contributed by atoms with Gasteiger partial charge in [0.05, 0.1) is 18.4 Å². The van der Waals surface area contributed by atoms with Gasteiger partial charge in [-0.25, -0.2) is 0 Å². The van der Waals surface area contributed by atoms with Gasteiger partial charge in [0.25, 0.3) is 5.91 Å². The molecule has 0 radical (unpaired) electrons. The van der Waals surface area contributed by atoms with Crippen LogP contribution in [0, 0.1) is 5.41 Å². The topological polar surface area (TPSA) is 60.0 Å². The average Bonchev–Trinajstić information content (AvgIpc) is 2.86. The van der Waals surface area contributed by atoms with Crippen LogP contribution in [-0.2, 0) is 4.79 Å². The van der Waals surface area contributed by atoms with E-state index in [9.17, 15) is 9.18 Å². The Bertz CT molecular complexity index is 941. The van der Waals surface area contributed by atoms with Crippen molar-refractivity contribution in [3.8, 4) is 0 Å². The Balaban J connectivity index is 1.99. The number of hydrogen-bond donors (Lipinski definition) is 2. The van der Waals surface area contributed by atoms with Gasteiger partial charge in [-0.1, -0.05) is 38.3 Å². The molecule has 2 rings (SSSR count). The molecule has 36 heavy (non-hydrogen) atoms. The Kier molecular flexibility index (Phi) is 11.4. The highest BCUT2D eigenvalue weighted by Crippen LogP contribution is 2.40. The maximum Gasteiger partial charge on any atom is 0.250 e. The lowest BCUT2D eigenvalue weighted by Gasteiger charge is -2.43. The van der Waals surface area contributed by atoms with Gasteiger partial charge in [-0.15, -0.1) is 0 Å². The predicted molar refractivity (Wildman–Crippen MR) is 149 cm³/mol. The largest absolute Gasteiger partial charge is 0.373 e. The van der Waals surface area contributed by atoms with Crippen molar-refractivity contribution in [1.29, 1.82) is 0 Å². The zero-order valence-electron chi connectivity index (χ0n) is 22.7. The van der Waals surface area contributed by atoms with Crippen molar-refractivity contribution in [3.63, 3.8) is 0 Å². The molecular weight excluding hydrogens is 453 g/mol. The SMILES string of the molecule is C=CC1=CC(C(=O)NC)=CC(CF)(CCC(/C=N\C(C)N/C(C=C)=C/N(C)C2CN(CC)C2)=C/C)C1. The summed E-state index contributed by atoms with van der Waals surface area (Å²) in [4.78, 5) is 21.5. The Morgan fingerprint density at radius 2 is 2.14 bits per heavy atom. The Morgan fingerprint density at radius 1 is 1.42 bits per heavy atom. The highest BCUT2D eigenvalue weighted by molar-refractivity contribution is 5.96. The minimum absolute atomic E-state index is 0.147. The number of carbonyl (C=O) groups excluding carboxylic acids is 1. The average molecular weight is 498 g/mol. The number of hydrogen-bond acceptors (Lipinski definition) is 5. The fraction of sp³-hybridized carbons (Fsp3) is 0.517. The van der Waals surface area contributed by atoms with Gasteiger partial charge < -0.3 is 15.5 Å².